The van der Waals surface area contributed by atoms with Gasteiger partial charge in [-0.25, -0.2) is 8.42 Å². The minimum atomic E-state index is -3.60. The number of nitrogens with zero attached hydrogens (tertiary/aromatic N) is 1. The highest BCUT2D eigenvalue weighted by Crippen LogP contribution is 2.33. The Kier molecular flexibility index (Phi) is 5.08. The van der Waals surface area contributed by atoms with Crippen LogP contribution >= 0.6 is 0 Å². The van der Waals surface area contributed by atoms with Crippen LogP contribution in [0, 0.1) is 0 Å². The van der Waals surface area contributed by atoms with E-state index in [0.717, 1.165) is 12.8 Å². The molecule has 0 spiro atoms. The lowest BCUT2D eigenvalue weighted by atomic mass is 10.2. The molecule has 118 valence electrons. The summed E-state index contributed by atoms with van der Waals surface area (Å²) in [5.74, 6) is 0.838. The van der Waals surface area contributed by atoms with Crippen molar-refractivity contribution in [3.63, 3.8) is 0 Å². The van der Waals surface area contributed by atoms with E-state index in [1.165, 1.54) is 20.3 Å². The molecule has 1 aromatic rings. The normalized spacial score (nSPS) is 19.7. The van der Waals surface area contributed by atoms with Crippen LogP contribution in [0.25, 0.3) is 0 Å². The molecule has 1 heterocycles. The van der Waals surface area contributed by atoms with Crippen LogP contribution in [0.1, 0.15) is 12.8 Å². The van der Waals surface area contributed by atoms with Crippen LogP contribution in [-0.4, -0.2) is 53.1 Å². The lowest BCUT2D eigenvalue weighted by Crippen LogP contribution is -2.40. The number of likely N-dealkylation sites (N-methyl/N-ethyl adjacent to an activating group) is 1. The van der Waals surface area contributed by atoms with Crippen LogP contribution in [0.2, 0.25) is 0 Å². The third-order valence-corrected chi connectivity index (χ3v) is 5.69. The van der Waals surface area contributed by atoms with Gasteiger partial charge in [-0.05, 0) is 32.0 Å². The molecule has 1 fully saturated rings. The van der Waals surface area contributed by atoms with E-state index in [0.29, 0.717) is 24.6 Å². The third-order valence-electron chi connectivity index (χ3n) is 3.72. The molecule has 6 nitrogen and oxygen atoms in total. The molecule has 1 aromatic carbocycles. The summed E-state index contributed by atoms with van der Waals surface area (Å²) >= 11 is 0. The fourth-order valence-corrected chi connectivity index (χ4v) is 4.54. The number of methoxy groups -OCH3 is 2. The molecule has 0 bridgehead atoms. The first kappa shape index (κ1) is 16.1. The second-order valence-corrected chi connectivity index (χ2v) is 6.85. The number of sulfonamides is 1. The number of nitrogens with one attached hydrogen (secondary N) is 1. The standard InChI is InChI=1S/C14H22N2O4S/c1-15-10-11-5-4-8-16(11)21(17,18)14-9-12(19-2)6-7-13(14)20-3/h6-7,9,11,15H,4-5,8,10H2,1-3H3. The van der Waals surface area contributed by atoms with Crippen molar-refractivity contribution < 1.29 is 17.9 Å². The Hall–Kier alpha value is -1.31. The van der Waals surface area contributed by atoms with Crippen molar-refractivity contribution in [2.45, 2.75) is 23.8 Å². The molecule has 1 saturated heterocycles. The van der Waals surface area contributed by atoms with E-state index in [-0.39, 0.29) is 10.9 Å². The summed E-state index contributed by atoms with van der Waals surface area (Å²) < 4.78 is 37.8. The van der Waals surface area contributed by atoms with Crippen LogP contribution in [0.15, 0.2) is 23.1 Å². The Labute approximate surface area is 126 Å². The Balaban J connectivity index is 2.43. The summed E-state index contributed by atoms with van der Waals surface area (Å²) in [5, 5.41) is 3.05. The molecule has 0 aliphatic carbocycles. The minimum absolute atomic E-state index is 0.0177. The van der Waals surface area contributed by atoms with E-state index < -0.39 is 10.0 Å². The van der Waals surface area contributed by atoms with Crippen LogP contribution in [0.4, 0.5) is 0 Å². The van der Waals surface area contributed by atoms with Crippen LogP contribution < -0.4 is 14.8 Å². The first-order valence-corrected chi connectivity index (χ1v) is 8.37. The molecule has 1 atom stereocenters. The zero-order valence-corrected chi connectivity index (χ0v) is 13.4. The molecule has 1 aliphatic heterocycles. The van der Waals surface area contributed by atoms with Crippen LogP contribution in [-0.2, 0) is 10.0 Å². The number of ether oxygens (including phenoxy) is 2. The maximum Gasteiger partial charge on any atom is 0.247 e. The van der Waals surface area contributed by atoms with E-state index >= 15 is 0 Å². The van der Waals surface area contributed by atoms with Crippen molar-refractivity contribution in [2.24, 2.45) is 0 Å². The van der Waals surface area contributed by atoms with Crippen molar-refractivity contribution in [1.29, 1.82) is 0 Å². The molecule has 0 radical (unpaired) electrons. The van der Waals surface area contributed by atoms with E-state index in [1.54, 1.807) is 16.4 Å². The van der Waals surface area contributed by atoms with Gasteiger partial charge < -0.3 is 14.8 Å². The Morgan fingerprint density at radius 1 is 1.33 bits per heavy atom. The highest BCUT2D eigenvalue weighted by Gasteiger charge is 2.36. The molecule has 1 unspecified atom stereocenters. The van der Waals surface area contributed by atoms with Gasteiger partial charge in [0.15, 0.2) is 0 Å². The fourth-order valence-electron chi connectivity index (χ4n) is 2.68. The third kappa shape index (κ3) is 3.14. The minimum Gasteiger partial charge on any atom is -0.497 e. The monoisotopic (exact) mass is 314 g/mol. The Bertz CT molecular complexity index is 589. The van der Waals surface area contributed by atoms with Gasteiger partial charge in [0, 0.05) is 25.2 Å². The number of benzene rings is 1. The van der Waals surface area contributed by atoms with E-state index in [9.17, 15) is 8.42 Å². The summed E-state index contributed by atoms with van der Waals surface area (Å²) in [6, 6.07) is 4.81. The van der Waals surface area contributed by atoms with Crippen molar-refractivity contribution in [2.75, 3.05) is 34.4 Å². The van der Waals surface area contributed by atoms with Gasteiger partial charge in [0.1, 0.15) is 16.4 Å². The first-order valence-electron chi connectivity index (χ1n) is 6.93. The molecule has 2 rings (SSSR count). The van der Waals surface area contributed by atoms with Crippen LogP contribution in [0.3, 0.4) is 0 Å². The van der Waals surface area contributed by atoms with Gasteiger partial charge in [-0.1, -0.05) is 0 Å². The Morgan fingerprint density at radius 3 is 2.71 bits per heavy atom. The highest BCUT2D eigenvalue weighted by molar-refractivity contribution is 7.89. The molecule has 0 aromatic heterocycles. The predicted octanol–water partition coefficient (Wildman–Crippen LogP) is 1.08. The average molecular weight is 314 g/mol. The first-order chi connectivity index (χ1) is 10.0. The maximum absolute atomic E-state index is 12.9. The lowest BCUT2D eigenvalue weighted by molar-refractivity contribution is 0.367. The van der Waals surface area contributed by atoms with E-state index in [2.05, 4.69) is 5.32 Å². The SMILES string of the molecule is CNCC1CCCN1S(=O)(=O)c1cc(OC)ccc1OC. The van der Waals surface area contributed by atoms with Crippen LogP contribution in [0.5, 0.6) is 11.5 Å². The summed E-state index contributed by atoms with van der Waals surface area (Å²) in [6.45, 7) is 1.18. The summed E-state index contributed by atoms with van der Waals surface area (Å²) in [6.07, 6.45) is 1.74. The molecule has 7 heteroatoms. The van der Waals surface area contributed by atoms with Gasteiger partial charge in [0.05, 0.1) is 14.2 Å². The van der Waals surface area contributed by atoms with E-state index in [1.807, 2.05) is 7.05 Å². The van der Waals surface area contributed by atoms with Crippen molar-refractivity contribution in [1.82, 2.24) is 9.62 Å². The predicted molar refractivity (Wildman–Crippen MR) is 80.4 cm³/mol. The van der Waals surface area contributed by atoms with Gasteiger partial charge in [0.25, 0.3) is 0 Å². The number of hydrogen-bond donors (Lipinski definition) is 1. The smallest absolute Gasteiger partial charge is 0.247 e. The van der Waals surface area contributed by atoms with Crippen molar-refractivity contribution in [3.8, 4) is 11.5 Å². The van der Waals surface area contributed by atoms with Gasteiger partial charge in [-0.3, -0.25) is 0 Å². The largest absolute Gasteiger partial charge is 0.497 e. The summed E-state index contributed by atoms with van der Waals surface area (Å²) in [7, 11) is 1.21. The second-order valence-electron chi connectivity index (χ2n) is 4.99. The van der Waals surface area contributed by atoms with Gasteiger partial charge in [-0.2, -0.15) is 4.31 Å². The molecule has 0 saturated carbocycles. The van der Waals surface area contributed by atoms with E-state index in [4.69, 9.17) is 9.47 Å². The molecule has 1 aliphatic rings. The zero-order valence-electron chi connectivity index (χ0n) is 12.6. The molecule has 21 heavy (non-hydrogen) atoms. The fraction of sp³-hybridized carbons (Fsp3) is 0.571. The summed E-state index contributed by atoms with van der Waals surface area (Å²) in [5.41, 5.74) is 0. The van der Waals surface area contributed by atoms with Gasteiger partial charge in [0.2, 0.25) is 10.0 Å². The van der Waals surface area contributed by atoms with Crippen molar-refractivity contribution in [3.05, 3.63) is 18.2 Å². The number of rotatable bonds is 6. The highest BCUT2D eigenvalue weighted by atomic mass is 32.2. The van der Waals surface area contributed by atoms with Gasteiger partial charge >= 0.3 is 0 Å². The summed E-state index contributed by atoms with van der Waals surface area (Å²) in [4.78, 5) is 0.160. The average Bonchev–Trinajstić information content (AvgIpc) is 2.96. The van der Waals surface area contributed by atoms with Crippen molar-refractivity contribution >= 4 is 10.0 Å². The molecular weight excluding hydrogens is 292 g/mol. The molecular formula is C14H22N2O4S. The Morgan fingerprint density at radius 2 is 2.10 bits per heavy atom. The molecule has 1 N–H and O–H groups in total. The maximum atomic E-state index is 12.9. The number of hydrogen-bond acceptors (Lipinski definition) is 5. The topological polar surface area (TPSA) is 67.9 Å². The quantitative estimate of drug-likeness (QED) is 0.851. The zero-order chi connectivity index (χ0) is 15.5. The molecule has 0 amide bonds. The second kappa shape index (κ2) is 6.64. The lowest BCUT2D eigenvalue weighted by Gasteiger charge is -2.24. The van der Waals surface area contributed by atoms with Gasteiger partial charge in [-0.15, -0.1) is 0 Å².